The number of nitrogens with zero attached hydrogens (tertiary/aromatic N) is 4. The Morgan fingerprint density at radius 3 is 2.74 bits per heavy atom. The van der Waals surface area contributed by atoms with Gasteiger partial charge in [-0.25, -0.2) is 4.98 Å². The van der Waals surface area contributed by atoms with Crippen molar-refractivity contribution < 1.29 is 0 Å². The van der Waals surface area contributed by atoms with E-state index in [1.807, 2.05) is 25.3 Å². The highest BCUT2D eigenvalue weighted by Gasteiger charge is 2.27. The minimum atomic E-state index is -0.471. The smallest absolute Gasteiger partial charge is 0.212 e. The van der Waals surface area contributed by atoms with Crippen LogP contribution < -0.4 is 5.32 Å². The molecule has 0 amide bonds. The Hall–Kier alpha value is -1.85. The third-order valence-electron chi connectivity index (χ3n) is 3.20. The van der Waals surface area contributed by atoms with Crippen LogP contribution >= 0.6 is 0 Å². The van der Waals surface area contributed by atoms with Gasteiger partial charge in [-0.3, -0.25) is 5.32 Å². The quantitative estimate of drug-likeness (QED) is 0.814. The van der Waals surface area contributed by atoms with Crippen molar-refractivity contribution in [1.29, 1.82) is 10.5 Å². The lowest BCUT2D eigenvalue weighted by molar-refractivity contribution is 0.329. The van der Waals surface area contributed by atoms with Crippen molar-refractivity contribution in [3.8, 4) is 12.1 Å². The first-order valence-electron chi connectivity index (χ1n) is 6.67. The Kier molecular flexibility index (Phi) is 5.54. The number of aromatic nitrogens is 2. The number of aryl methyl sites for hydroxylation is 1. The van der Waals surface area contributed by atoms with Crippen LogP contribution in [0.3, 0.4) is 0 Å². The molecule has 19 heavy (non-hydrogen) atoms. The summed E-state index contributed by atoms with van der Waals surface area (Å²) in [4.78, 5) is 3.96. The van der Waals surface area contributed by atoms with Crippen LogP contribution in [0, 0.1) is 22.7 Å². The summed E-state index contributed by atoms with van der Waals surface area (Å²) < 4.78 is 1.83. The molecule has 0 fully saturated rings. The molecule has 0 radical (unpaired) electrons. The van der Waals surface area contributed by atoms with E-state index < -0.39 is 5.54 Å². The van der Waals surface area contributed by atoms with Crippen LogP contribution in [0.15, 0.2) is 12.4 Å². The maximum absolute atomic E-state index is 9.40. The summed E-state index contributed by atoms with van der Waals surface area (Å²) in [5.74, 6) is 0.427. The third-order valence-corrected chi connectivity index (χ3v) is 3.20. The monoisotopic (exact) mass is 259 g/mol. The van der Waals surface area contributed by atoms with E-state index in [9.17, 15) is 5.26 Å². The zero-order valence-corrected chi connectivity index (χ0v) is 11.8. The first kappa shape index (κ1) is 15.2. The fourth-order valence-corrected chi connectivity index (χ4v) is 2.22. The van der Waals surface area contributed by atoms with Crippen molar-refractivity contribution in [2.75, 3.05) is 0 Å². The number of nitriles is 2. The molecule has 0 spiro atoms. The Morgan fingerprint density at radius 2 is 2.21 bits per heavy atom. The van der Waals surface area contributed by atoms with Crippen molar-refractivity contribution >= 4 is 0 Å². The van der Waals surface area contributed by atoms with Crippen LogP contribution in [-0.2, 0) is 6.54 Å². The van der Waals surface area contributed by atoms with E-state index in [1.54, 1.807) is 12.4 Å². The lowest BCUT2D eigenvalue weighted by atomic mass is 9.91. The molecule has 0 saturated carbocycles. The molecule has 0 saturated heterocycles. The van der Waals surface area contributed by atoms with Crippen LogP contribution in [-0.4, -0.2) is 21.1 Å². The van der Waals surface area contributed by atoms with Crippen LogP contribution in [0.25, 0.3) is 0 Å². The molecule has 1 heterocycles. The van der Waals surface area contributed by atoms with Gasteiger partial charge in [-0.2, -0.15) is 10.5 Å². The molecule has 1 rings (SSSR count). The topological polar surface area (TPSA) is 77.4 Å². The summed E-state index contributed by atoms with van der Waals surface area (Å²) in [7, 11) is 0. The van der Waals surface area contributed by atoms with E-state index in [0.717, 1.165) is 19.3 Å². The minimum Gasteiger partial charge on any atom is -0.323 e. The van der Waals surface area contributed by atoms with Gasteiger partial charge < -0.3 is 4.57 Å². The fraction of sp³-hybridized carbons (Fsp3) is 0.643. The van der Waals surface area contributed by atoms with Gasteiger partial charge in [-0.05, 0) is 33.1 Å². The summed E-state index contributed by atoms with van der Waals surface area (Å²) in [6.45, 7) is 6.83. The van der Waals surface area contributed by atoms with Gasteiger partial charge in [0.25, 0.3) is 0 Å². The predicted octanol–water partition coefficient (Wildman–Crippen LogP) is 2.21. The van der Waals surface area contributed by atoms with Crippen LogP contribution in [0.5, 0.6) is 0 Å². The van der Waals surface area contributed by atoms with Crippen LogP contribution in [0.4, 0.5) is 0 Å². The lowest BCUT2D eigenvalue weighted by Gasteiger charge is -2.29. The van der Waals surface area contributed by atoms with E-state index in [0.29, 0.717) is 12.4 Å². The molecular formula is C14H21N5. The highest BCUT2D eigenvalue weighted by Crippen LogP contribution is 2.18. The first-order valence-corrected chi connectivity index (χ1v) is 6.67. The molecule has 0 aliphatic heterocycles. The van der Waals surface area contributed by atoms with Gasteiger partial charge in [0.2, 0.25) is 5.82 Å². The number of hydrogen-bond donors (Lipinski definition) is 1. The molecule has 5 nitrogen and oxygen atoms in total. The van der Waals surface area contributed by atoms with Crippen LogP contribution in [0.1, 0.15) is 45.9 Å². The third kappa shape index (κ3) is 4.08. The summed E-state index contributed by atoms with van der Waals surface area (Å²) >= 11 is 0. The average molecular weight is 259 g/mol. The van der Waals surface area contributed by atoms with E-state index >= 15 is 0 Å². The van der Waals surface area contributed by atoms with Gasteiger partial charge in [0.05, 0.1) is 6.07 Å². The molecule has 1 aromatic heterocycles. The van der Waals surface area contributed by atoms with Gasteiger partial charge in [0.1, 0.15) is 11.6 Å². The molecule has 0 aliphatic carbocycles. The van der Waals surface area contributed by atoms with Gasteiger partial charge in [0.15, 0.2) is 0 Å². The second-order valence-corrected chi connectivity index (χ2v) is 5.01. The van der Waals surface area contributed by atoms with Gasteiger partial charge in [0, 0.05) is 25.0 Å². The highest BCUT2D eigenvalue weighted by molar-refractivity contribution is 5.11. The molecular weight excluding hydrogens is 238 g/mol. The Morgan fingerprint density at radius 1 is 1.47 bits per heavy atom. The van der Waals surface area contributed by atoms with E-state index in [-0.39, 0.29) is 6.04 Å². The summed E-state index contributed by atoms with van der Waals surface area (Å²) in [5, 5.41) is 21.6. The van der Waals surface area contributed by atoms with Crippen molar-refractivity contribution in [2.24, 2.45) is 0 Å². The Balaban J connectivity index is 2.59. The molecule has 1 N–H and O–H groups in total. The molecule has 1 unspecified atom stereocenters. The van der Waals surface area contributed by atoms with E-state index in [1.165, 1.54) is 0 Å². The zero-order chi connectivity index (χ0) is 14.3. The Bertz CT molecular complexity index is 477. The van der Waals surface area contributed by atoms with Crippen molar-refractivity contribution in [1.82, 2.24) is 14.9 Å². The standard InChI is InChI=1S/C14H21N5/c1-4-14(11-16,18-12(2)3)6-5-8-19-9-7-17-13(19)10-15/h7,9,12,18H,4-6,8H2,1-3H3. The van der Waals surface area contributed by atoms with Crippen LogP contribution in [0.2, 0.25) is 0 Å². The van der Waals surface area contributed by atoms with Crippen molar-refractivity contribution in [3.05, 3.63) is 18.2 Å². The second-order valence-electron chi connectivity index (χ2n) is 5.01. The van der Waals surface area contributed by atoms with Crippen molar-refractivity contribution in [3.63, 3.8) is 0 Å². The summed E-state index contributed by atoms with van der Waals surface area (Å²) in [6, 6.07) is 4.74. The zero-order valence-electron chi connectivity index (χ0n) is 11.8. The molecule has 1 aromatic rings. The molecule has 0 bridgehead atoms. The van der Waals surface area contributed by atoms with Crippen molar-refractivity contribution in [2.45, 2.75) is 58.2 Å². The first-order chi connectivity index (χ1) is 9.06. The Labute approximate surface area is 114 Å². The fourth-order valence-electron chi connectivity index (χ4n) is 2.22. The maximum atomic E-state index is 9.40. The number of imidazole rings is 1. The highest BCUT2D eigenvalue weighted by atomic mass is 15.1. The molecule has 0 aromatic carbocycles. The summed E-state index contributed by atoms with van der Waals surface area (Å²) in [6.07, 6.45) is 5.81. The lowest BCUT2D eigenvalue weighted by Crippen LogP contribution is -2.47. The normalized spacial score (nSPS) is 13.8. The average Bonchev–Trinajstić information content (AvgIpc) is 2.84. The summed E-state index contributed by atoms with van der Waals surface area (Å²) in [5.41, 5.74) is -0.471. The molecule has 0 aliphatic rings. The number of nitrogens with one attached hydrogen (secondary N) is 1. The molecule has 1 atom stereocenters. The minimum absolute atomic E-state index is 0.280. The second kappa shape index (κ2) is 6.92. The van der Waals surface area contributed by atoms with E-state index in [2.05, 4.69) is 22.4 Å². The van der Waals surface area contributed by atoms with Gasteiger partial charge >= 0.3 is 0 Å². The predicted molar refractivity (Wildman–Crippen MR) is 73.1 cm³/mol. The number of hydrogen-bond acceptors (Lipinski definition) is 4. The number of rotatable bonds is 7. The van der Waals surface area contributed by atoms with Gasteiger partial charge in [-0.1, -0.05) is 6.92 Å². The molecule has 5 heteroatoms. The van der Waals surface area contributed by atoms with E-state index in [4.69, 9.17) is 5.26 Å². The van der Waals surface area contributed by atoms with Gasteiger partial charge in [-0.15, -0.1) is 0 Å². The largest absolute Gasteiger partial charge is 0.323 e. The SMILES string of the molecule is CCC(C#N)(CCCn1ccnc1C#N)NC(C)C. The maximum Gasteiger partial charge on any atom is 0.212 e. The molecule has 102 valence electrons.